The number of rotatable bonds is 4. The zero-order valence-corrected chi connectivity index (χ0v) is 13.7. The quantitative estimate of drug-likeness (QED) is 0.890. The van der Waals surface area contributed by atoms with Crippen LogP contribution in [-0.2, 0) is 0 Å². The van der Waals surface area contributed by atoms with Gasteiger partial charge in [-0.3, -0.25) is 0 Å². The van der Waals surface area contributed by atoms with Crippen molar-refractivity contribution < 1.29 is 14.6 Å². The van der Waals surface area contributed by atoms with Crippen LogP contribution in [0.2, 0.25) is 0 Å². The molecule has 1 aromatic rings. The Balaban J connectivity index is 2.54. The number of nitrogens with zero attached hydrogens (tertiary/aromatic N) is 2. The number of unbranched alkanes of at least 4 members (excludes halogenated alkanes) is 1. The number of carbonyl (C=O) groups is 1. The van der Waals surface area contributed by atoms with Gasteiger partial charge < -0.3 is 20.5 Å². The van der Waals surface area contributed by atoms with Gasteiger partial charge in [0.15, 0.2) is 0 Å². The molecule has 1 aromatic carbocycles. The zero-order chi connectivity index (χ0) is 17.2. The Hall–Kier alpha value is -2.26. The summed E-state index contributed by atoms with van der Waals surface area (Å²) in [5.41, 5.74) is 5.75. The van der Waals surface area contributed by atoms with Crippen LogP contribution in [0.1, 0.15) is 50.8 Å². The highest BCUT2D eigenvalue weighted by atomic mass is 16.5. The third kappa shape index (κ3) is 3.25. The number of fused-ring (bicyclic) bond motifs is 1. The molecule has 0 bridgehead atoms. The van der Waals surface area contributed by atoms with Crippen LogP contribution in [0.15, 0.2) is 18.2 Å². The summed E-state index contributed by atoms with van der Waals surface area (Å²) in [6.45, 7) is 6.00. The summed E-state index contributed by atoms with van der Waals surface area (Å²) in [7, 11) is 0. The third-order valence-electron chi connectivity index (χ3n) is 4.21. The number of nitriles is 1. The van der Waals surface area contributed by atoms with Crippen LogP contribution in [-0.4, -0.2) is 34.3 Å². The summed E-state index contributed by atoms with van der Waals surface area (Å²) in [5, 5.41) is 19.9. The van der Waals surface area contributed by atoms with Gasteiger partial charge in [-0.1, -0.05) is 13.3 Å². The number of aliphatic hydroxyl groups is 1. The number of carbonyl (C=O) groups excluding carboxylic acids is 1. The van der Waals surface area contributed by atoms with E-state index in [4.69, 9.17) is 15.7 Å². The van der Waals surface area contributed by atoms with Gasteiger partial charge in [0, 0.05) is 12.1 Å². The molecule has 2 atom stereocenters. The van der Waals surface area contributed by atoms with Crippen LogP contribution in [0.4, 0.5) is 4.79 Å². The smallest absolute Gasteiger partial charge is 0.315 e. The standard InChI is InChI=1S/C17H23N3O3/c1-4-5-8-20(16(19)22)14-12-9-11(10-18)6-7-13(12)23-17(2,3)15(14)21/h6-7,9,14-15,21H,4-5,8H2,1-3H3,(H2,19,22)/t14-,15+/m0/s1. The molecule has 2 rings (SSSR count). The van der Waals surface area contributed by atoms with Crippen LogP contribution in [0.25, 0.3) is 0 Å². The van der Waals surface area contributed by atoms with E-state index in [9.17, 15) is 9.90 Å². The maximum absolute atomic E-state index is 12.0. The molecule has 1 aliphatic rings. The van der Waals surface area contributed by atoms with Crippen molar-refractivity contribution in [2.24, 2.45) is 5.73 Å². The third-order valence-corrected chi connectivity index (χ3v) is 4.21. The van der Waals surface area contributed by atoms with Crippen molar-refractivity contribution in [2.45, 2.75) is 51.4 Å². The predicted molar refractivity (Wildman–Crippen MR) is 85.8 cm³/mol. The molecule has 0 fully saturated rings. The predicted octanol–water partition coefficient (Wildman–Crippen LogP) is 2.31. The second-order valence-corrected chi connectivity index (χ2v) is 6.34. The molecule has 23 heavy (non-hydrogen) atoms. The molecule has 0 spiro atoms. The van der Waals surface area contributed by atoms with E-state index < -0.39 is 23.8 Å². The minimum atomic E-state index is -0.951. The highest BCUT2D eigenvalue weighted by molar-refractivity contribution is 5.73. The maximum Gasteiger partial charge on any atom is 0.315 e. The molecule has 0 aromatic heterocycles. The van der Waals surface area contributed by atoms with Crippen LogP contribution >= 0.6 is 0 Å². The van der Waals surface area contributed by atoms with E-state index in [2.05, 4.69) is 6.07 Å². The second-order valence-electron chi connectivity index (χ2n) is 6.34. The Morgan fingerprint density at radius 1 is 1.52 bits per heavy atom. The molecule has 6 heteroatoms. The van der Waals surface area contributed by atoms with Gasteiger partial charge in [0.25, 0.3) is 0 Å². The first-order chi connectivity index (χ1) is 10.8. The Kier molecular flexibility index (Phi) is 4.81. The van der Waals surface area contributed by atoms with Gasteiger partial charge in [0.2, 0.25) is 0 Å². The lowest BCUT2D eigenvalue weighted by atomic mass is 9.85. The van der Waals surface area contributed by atoms with Crippen molar-refractivity contribution in [3.05, 3.63) is 29.3 Å². The van der Waals surface area contributed by atoms with Crippen molar-refractivity contribution in [3.8, 4) is 11.8 Å². The highest BCUT2D eigenvalue weighted by Crippen LogP contribution is 2.43. The number of nitrogens with two attached hydrogens (primary N) is 1. The van der Waals surface area contributed by atoms with Gasteiger partial charge in [-0.05, 0) is 38.5 Å². The monoisotopic (exact) mass is 317 g/mol. The van der Waals surface area contributed by atoms with E-state index in [1.165, 1.54) is 4.90 Å². The van der Waals surface area contributed by atoms with Gasteiger partial charge in [0.1, 0.15) is 17.5 Å². The van der Waals surface area contributed by atoms with Gasteiger partial charge in [-0.2, -0.15) is 5.26 Å². The van der Waals surface area contributed by atoms with Gasteiger partial charge >= 0.3 is 6.03 Å². The van der Waals surface area contributed by atoms with E-state index in [0.717, 1.165) is 12.8 Å². The van der Waals surface area contributed by atoms with E-state index in [1.54, 1.807) is 32.0 Å². The summed E-state index contributed by atoms with van der Waals surface area (Å²) >= 11 is 0. The number of hydrogen-bond donors (Lipinski definition) is 2. The minimum Gasteiger partial charge on any atom is -0.485 e. The fraction of sp³-hybridized carbons (Fsp3) is 0.529. The van der Waals surface area contributed by atoms with Crippen LogP contribution in [0.5, 0.6) is 5.75 Å². The van der Waals surface area contributed by atoms with E-state index in [0.29, 0.717) is 23.4 Å². The largest absolute Gasteiger partial charge is 0.485 e. The first-order valence-corrected chi connectivity index (χ1v) is 7.79. The Morgan fingerprint density at radius 2 is 2.22 bits per heavy atom. The van der Waals surface area contributed by atoms with Crippen molar-refractivity contribution >= 4 is 6.03 Å². The number of amides is 2. The highest BCUT2D eigenvalue weighted by Gasteiger charge is 2.46. The van der Waals surface area contributed by atoms with Crippen molar-refractivity contribution in [1.29, 1.82) is 5.26 Å². The molecule has 3 N–H and O–H groups in total. The van der Waals surface area contributed by atoms with E-state index >= 15 is 0 Å². The summed E-state index contributed by atoms with van der Waals surface area (Å²) in [6, 6.07) is 5.86. The van der Waals surface area contributed by atoms with Crippen LogP contribution in [0.3, 0.4) is 0 Å². The van der Waals surface area contributed by atoms with E-state index in [-0.39, 0.29) is 0 Å². The van der Waals surface area contributed by atoms with E-state index in [1.807, 2.05) is 6.92 Å². The Morgan fingerprint density at radius 3 is 2.78 bits per heavy atom. The number of hydrogen-bond acceptors (Lipinski definition) is 4. The van der Waals surface area contributed by atoms with Crippen molar-refractivity contribution in [1.82, 2.24) is 4.90 Å². The summed E-state index contributed by atoms with van der Waals surface area (Å²) in [6.07, 6.45) is 0.728. The molecular formula is C17H23N3O3. The number of benzene rings is 1. The summed E-state index contributed by atoms with van der Waals surface area (Å²) in [4.78, 5) is 13.4. The zero-order valence-electron chi connectivity index (χ0n) is 13.7. The normalized spacial score (nSPS) is 21.7. The molecule has 1 heterocycles. The Labute approximate surface area is 136 Å². The number of aliphatic hydroxyl groups excluding tert-OH is 1. The minimum absolute atomic E-state index is 0.444. The lowest BCUT2D eigenvalue weighted by Crippen LogP contribution is -2.55. The molecule has 124 valence electrons. The molecule has 6 nitrogen and oxygen atoms in total. The molecule has 0 radical (unpaired) electrons. The van der Waals surface area contributed by atoms with Crippen molar-refractivity contribution in [2.75, 3.05) is 6.54 Å². The van der Waals surface area contributed by atoms with Crippen molar-refractivity contribution in [3.63, 3.8) is 0 Å². The summed E-state index contributed by atoms with van der Waals surface area (Å²) in [5.74, 6) is 0.562. The van der Waals surface area contributed by atoms with Gasteiger partial charge in [0.05, 0.1) is 17.7 Å². The van der Waals surface area contributed by atoms with Crippen LogP contribution < -0.4 is 10.5 Å². The van der Waals surface area contributed by atoms with Gasteiger partial charge in [-0.25, -0.2) is 4.79 Å². The number of primary amides is 1. The van der Waals surface area contributed by atoms with Gasteiger partial charge in [-0.15, -0.1) is 0 Å². The lowest BCUT2D eigenvalue weighted by Gasteiger charge is -2.46. The molecule has 0 saturated heterocycles. The maximum atomic E-state index is 12.0. The summed E-state index contributed by atoms with van der Waals surface area (Å²) < 4.78 is 5.86. The molecule has 0 saturated carbocycles. The first kappa shape index (κ1) is 17.1. The molecule has 0 aliphatic carbocycles. The molecule has 2 amide bonds. The number of urea groups is 1. The second kappa shape index (κ2) is 6.47. The molecular weight excluding hydrogens is 294 g/mol. The Bertz CT molecular complexity index is 636. The topological polar surface area (TPSA) is 99.6 Å². The fourth-order valence-electron chi connectivity index (χ4n) is 2.89. The average Bonchev–Trinajstić information content (AvgIpc) is 2.50. The first-order valence-electron chi connectivity index (χ1n) is 7.79. The average molecular weight is 317 g/mol. The fourth-order valence-corrected chi connectivity index (χ4v) is 2.89. The molecule has 0 unspecified atom stereocenters. The molecule has 1 aliphatic heterocycles. The van der Waals surface area contributed by atoms with Crippen LogP contribution in [0, 0.1) is 11.3 Å². The lowest BCUT2D eigenvalue weighted by molar-refractivity contribution is -0.0845. The SMILES string of the molecule is CCCCN(C(N)=O)[C@H]1c2cc(C#N)ccc2OC(C)(C)[C@@H]1O. The number of ether oxygens (including phenoxy) is 1.